The molecule has 0 saturated carbocycles. The Hall–Kier alpha value is -0.770. The van der Waals surface area contributed by atoms with Crippen LogP contribution in [0.2, 0.25) is 0 Å². The third-order valence-corrected chi connectivity index (χ3v) is 2.99. The van der Waals surface area contributed by atoms with E-state index in [2.05, 4.69) is 40.8 Å². The van der Waals surface area contributed by atoms with E-state index in [0.717, 1.165) is 5.75 Å². The standard InChI is InChI=1S/C11H9IO/c1-13-11-7-3-4-8-9(11)5-2-6-10(8)12/h2-7H,1H3. The number of hydrogen-bond acceptors (Lipinski definition) is 1. The predicted octanol–water partition coefficient (Wildman–Crippen LogP) is 3.45. The highest BCUT2D eigenvalue weighted by Crippen LogP contribution is 2.28. The van der Waals surface area contributed by atoms with Crippen molar-refractivity contribution in [2.24, 2.45) is 0 Å². The maximum atomic E-state index is 5.28. The molecular formula is C11H9IO. The number of methoxy groups -OCH3 is 1. The van der Waals surface area contributed by atoms with Gasteiger partial charge in [0.1, 0.15) is 5.75 Å². The van der Waals surface area contributed by atoms with Gasteiger partial charge in [0.25, 0.3) is 0 Å². The van der Waals surface area contributed by atoms with Crippen LogP contribution in [0.5, 0.6) is 5.75 Å². The first kappa shape index (κ1) is 8.81. The van der Waals surface area contributed by atoms with E-state index in [1.54, 1.807) is 7.11 Å². The van der Waals surface area contributed by atoms with Gasteiger partial charge in [0.2, 0.25) is 0 Å². The summed E-state index contributed by atoms with van der Waals surface area (Å²) in [5.74, 6) is 0.941. The van der Waals surface area contributed by atoms with Crippen molar-refractivity contribution in [3.05, 3.63) is 40.0 Å². The van der Waals surface area contributed by atoms with Crippen molar-refractivity contribution in [2.75, 3.05) is 7.11 Å². The number of benzene rings is 2. The number of ether oxygens (including phenoxy) is 1. The van der Waals surface area contributed by atoms with Crippen LogP contribution in [0.4, 0.5) is 0 Å². The van der Waals surface area contributed by atoms with Crippen LogP contribution in [-0.4, -0.2) is 7.11 Å². The summed E-state index contributed by atoms with van der Waals surface area (Å²) in [6, 6.07) is 12.3. The molecule has 1 nitrogen and oxygen atoms in total. The lowest BCUT2D eigenvalue weighted by Gasteiger charge is -2.05. The van der Waals surface area contributed by atoms with E-state index in [-0.39, 0.29) is 0 Å². The third kappa shape index (κ3) is 1.50. The Morgan fingerprint density at radius 2 is 1.69 bits per heavy atom. The molecule has 0 heterocycles. The molecule has 0 aliphatic rings. The Balaban J connectivity index is 2.84. The summed E-state index contributed by atoms with van der Waals surface area (Å²) in [6.45, 7) is 0. The fraction of sp³-hybridized carbons (Fsp3) is 0.0909. The lowest BCUT2D eigenvalue weighted by atomic mass is 10.1. The lowest BCUT2D eigenvalue weighted by molar-refractivity contribution is 0.420. The largest absolute Gasteiger partial charge is 0.496 e. The van der Waals surface area contributed by atoms with E-state index in [1.165, 1.54) is 14.3 Å². The van der Waals surface area contributed by atoms with Gasteiger partial charge in [-0.2, -0.15) is 0 Å². The molecule has 0 aliphatic carbocycles. The fourth-order valence-electron chi connectivity index (χ4n) is 1.42. The summed E-state index contributed by atoms with van der Waals surface area (Å²) < 4.78 is 6.54. The van der Waals surface area contributed by atoms with Gasteiger partial charge in [0.15, 0.2) is 0 Å². The van der Waals surface area contributed by atoms with Crippen molar-refractivity contribution in [2.45, 2.75) is 0 Å². The maximum absolute atomic E-state index is 5.28. The van der Waals surface area contributed by atoms with Gasteiger partial charge in [-0.1, -0.05) is 24.3 Å². The first-order valence-corrected chi connectivity index (χ1v) is 5.12. The monoisotopic (exact) mass is 284 g/mol. The van der Waals surface area contributed by atoms with Crippen LogP contribution >= 0.6 is 22.6 Å². The van der Waals surface area contributed by atoms with Crippen LogP contribution in [-0.2, 0) is 0 Å². The average molecular weight is 284 g/mol. The Morgan fingerprint density at radius 3 is 2.46 bits per heavy atom. The van der Waals surface area contributed by atoms with Crippen molar-refractivity contribution in [1.82, 2.24) is 0 Å². The Bertz CT molecular complexity index is 437. The minimum atomic E-state index is 0.941. The predicted molar refractivity (Wildman–Crippen MR) is 63.2 cm³/mol. The molecule has 0 N–H and O–H groups in total. The summed E-state index contributed by atoms with van der Waals surface area (Å²) in [5, 5.41) is 2.43. The SMILES string of the molecule is COc1cccc2c(I)cccc12. The first-order valence-electron chi connectivity index (χ1n) is 4.04. The molecule has 0 saturated heterocycles. The van der Waals surface area contributed by atoms with Crippen LogP contribution in [0.25, 0.3) is 10.8 Å². The summed E-state index contributed by atoms with van der Waals surface area (Å²) in [5.41, 5.74) is 0. The van der Waals surface area contributed by atoms with Crippen LogP contribution in [0.3, 0.4) is 0 Å². The molecule has 0 aliphatic heterocycles. The lowest BCUT2D eigenvalue weighted by Crippen LogP contribution is -1.85. The smallest absolute Gasteiger partial charge is 0.126 e. The zero-order chi connectivity index (χ0) is 9.26. The van der Waals surface area contributed by atoms with Crippen LogP contribution in [0.1, 0.15) is 0 Å². The second kappa shape index (κ2) is 3.54. The normalized spacial score (nSPS) is 10.3. The molecular weight excluding hydrogens is 275 g/mol. The second-order valence-electron chi connectivity index (χ2n) is 2.80. The van der Waals surface area contributed by atoms with Gasteiger partial charge in [-0.3, -0.25) is 0 Å². The average Bonchev–Trinajstić information content (AvgIpc) is 2.18. The molecule has 2 heteroatoms. The molecule has 0 radical (unpaired) electrons. The van der Waals surface area contributed by atoms with Gasteiger partial charge >= 0.3 is 0 Å². The van der Waals surface area contributed by atoms with Crippen LogP contribution < -0.4 is 4.74 Å². The van der Waals surface area contributed by atoms with Gasteiger partial charge in [0.05, 0.1) is 7.11 Å². The van der Waals surface area contributed by atoms with Crippen molar-refractivity contribution in [1.29, 1.82) is 0 Å². The van der Waals surface area contributed by atoms with Crippen molar-refractivity contribution in [3.8, 4) is 5.75 Å². The van der Waals surface area contributed by atoms with Crippen molar-refractivity contribution >= 4 is 33.4 Å². The first-order chi connectivity index (χ1) is 6.33. The Kier molecular flexibility index (Phi) is 2.40. The van der Waals surface area contributed by atoms with E-state index >= 15 is 0 Å². The van der Waals surface area contributed by atoms with E-state index in [1.807, 2.05) is 18.2 Å². The Labute approximate surface area is 90.9 Å². The molecule has 13 heavy (non-hydrogen) atoms. The molecule has 2 aromatic carbocycles. The molecule has 0 spiro atoms. The highest BCUT2D eigenvalue weighted by Gasteiger charge is 2.01. The minimum Gasteiger partial charge on any atom is -0.496 e. The molecule has 0 aromatic heterocycles. The van der Waals surface area contributed by atoms with Gasteiger partial charge < -0.3 is 4.74 Å². The van der Waals surface area contributed by atoms with Crippen molar-refractivity contribution in [3.63, 3.8) is 0 Å². The molecule has 0 unspecified atom stereocenters. The van der Waals surface area contributed by atoms with Gasteiger partial charge in [-0.05, 0) is 40.1 Å². The molecule has 0 fully saturated rings. The quantitative estimate of drug-likeness (QED) is 0.729. The number of hydrogen-bond donors (Lipinski definition) is 0. The van der Waals surface area contributed by atoms with Gasteiger partial charge in [-0.15, -0.1) is 0 Å². The van der Waals surface area contributed by atoms with Crippen molar-refractivity contribution < 1.29 is 4.74 Å². The second-order valence-corrected chi connectivity index (χ2v) is 3.96. The number of fused-ring (bicyclic) bond motifs is 1. The fourth-order valence-corrected chi connectivity index (χ4v) is 2.10. The summed E-state index contributed by atoms with van der Waals surface area (Å²) in [4.78, 5) is 0. The van der Waals surface area contributed by atoms with Crippen LogP contribution in [0.15, 0.2) is 36.4 Å². The number of rotatable bonds is 1. The zero-order valence-corrected chi connectivity index (χ0v) is 9.41. The summed E-state index contributed by atoms with van der Waals surface area (Å²) in [6.07, 6.45) is 0. The Morgan fingerprint density at radius 1 is 1.00 bits per heavy atom. The zero-order valence-electron chi connectivity index (χ0n) is 7.25. The third-order valence-electron chi connectivity index (χ3n) is 2.05. The highest BCUT2D eigenvalue weighted by atomic mass is 127. The molecule has 2 aromatic rings. The van der Waals surface area contributed by atoms with Crippen LogP contribution in [0, 0.1) is 3.57 Å². The molecule has 0 bridgehead atoms. The minimum absolute atomic E-state index is 0.941. The summed E-state index contributed by atoms with van der Waals surface area (Å²) >= 11 is 2.34. The molecule has 0 amide bonds. The molecule has 66 valence electrons. The van der Waals surface area contributed by atoms with E-state index in [4.69, 9.17) is 4.74 Å². The van der Waals surface area contributed by atoms with Gasteiger partial charge in [-0.25, -0.2) is 0 Å². The molecule has 2 rings (SSSR count). The van der Waals surface area contributed by atoms with E-state index < -0.39 is 0 Å². The van der Waals surface area contributed by atoms with E-state index in [9.17, 15) is 0 Å². The van der Waals surface area contributed by atoms with E-state index in [0.29, 0.717) is 0 Å². The summed E-state index contributed by atoms with van der Waals surface area (Å²) in [7, 11) is 1.70. The molecule has 0 atom stereocenters. The highest BCUT2D eigenvalue weighted by molar-refractivity contribution is 14.1. The maximum Gasteiger partial charge on any atom is 0.126 e. The topological polar surface area (TPSA) is 9.23 Å². The van der Waals surface area contributed by atoms with Gasteiger partial charge in [0, 0.05) is 8.96 Å². The number of halogens is 1.